The quantitative estimate of drug-likeness (QED) is 0.633. The molecule has 1 unspecified atom stereocenters. The highest BCUT2D eigenvalue weighted by Gasteiger charge is 2.17. The first-order valence-electron chi connectivity index (χ1n) is 3.67. The highest BCUT2D eigenvalue weighted by molar-refractivity contribution is 4.96. The maximum Gasteiger partial charge on any atom is 0.180 e. The van der Waals surface area contributed by atoms with Crippen LogP contribution in [0.15, 0.2) is 17.0 Å². The van der Waals surface area contributed by atoms with Crippen LogP contribution in [0.5, 0.6) is 0 Å². The molecule has 1 aliphatic heterocycles. The minimum Gasteiger partial charge on any atom is -0.446 e. The number of nitrogens with one attached hydrogen (secondary N) is 1. The molecule has 0 aliphatic carbocycles. The molecular weight excluding hydrogens is 144 g/mol. The topological polar surface area (TPSA) is 47.3 Å². The molecule has 1 N–H and O–H groups in total. The smallest absolute Gasteiger partial charge is 0.180 e. The highest BCUT2D eigenvalue weighted by atomic mass is 16.5. The van der Waals surface area contributed by atoms with Gasteiger partial charge in [0.15, 0.2) is 12.2 Å². The van der Waals surface area contributed by atoms with E-state index in [0.717, 1.165) is 25.5 Å². The Balaban J connectivity index is 2.04. The molecule has 2 rings (SSSR count). The lowest BCUT2D eigenvalue weighted by molar-refractivity contribution is 0.0143. The molecule has 1 atom stereocenters. The van der Waals surface area contributed by atoms with Gasteiger partial charge >= 0.3 is 0 Å². The number of morpholine rings is 1. The Kier molecular flexibility index (Phi) is 1.87. The van der Waals surface area contributed by atoms with Gasteiger partial charge in [-0.1, -0.05) is 0 Å². The Morgan fingerprint density at radius 3 is 3.27 bits per heavy atom. The Morgan fingerprint density at radius 1 is 1.64 bits per heavy atom. The predicted octanol–water partition coefficient (Wildman–Crippen LogP) is 0.335. The van der Waals surface area contributed by atoms with Crippen LogP contribution < -0.4 is 5.32 Å². The normalized spacial score (nSPS) is 25.3. The van der Waals surface area contributed by atoms with Crippen molar-refractivity contribution in [1.82, 2.24) is 10.3 Å². The molecule has 0 saturated carbocycles. The van der Waals surface area contributed by atoms with E-state index in [1.807, 2.05) is 0 Å². The third-order valence-electron chi connectivity index (χ3n) is 1.70. The van der Waals surface area contributed by atoms with Gasteiger partial charge in [0, 0.05) is 13.1 Å². The molecule has 1 aromatic heterocycles. The predicted molar refractivity (Wildman–Crippen MR) is 38.1 cm³/mol. The molecule has 0 amide bonds. The van der Waals surface area contributed by atoms with E-state index in [4.69, 9.17) is 9.15 Å². The Hall–Kier alpha value is -0.870. The van der Waals surface area contributed by atoms with Crippen LogP contribution in [0.1, 0.15) is 11.9 Å². The first kappa shape index (κ1) is 6.82. The van der Waals surface area contributed by atoms with Crippen LogP contribution in [0, 0.1) is 0 Å². The largest absolute Gasteiger partial charge is 0.446 e. The summed E-state index contributed by atoms with van der Waals surface area (Å²) in [6.45, 7) is 2.48. The van der Waals surface area contributed by atoms with E-state index in [0.29, 0.717) is 0 Å². The van der Waals surface area contributed by atoms with Crippen LogP contribution in [0.4, 0.5) is 0 Å². The fourth-order valence-corrected chi connectivity index (χ4v) is 1.13. The van der Waals surface area contributed by atoms with E-state index in [1.165, 1.54) is 6.39 Å². The average Bonchev–Trinajstić information content (AvgIpc) is 2.58. The molecule has 2 heterocycles. The van der Waals surface area contributed by atoms with Gasteiger partial charge in [0.1, 0.15) is 6.10 Å². The number of ether oxygens (including phenoxy) is 1. The second kappa shape index (κ2) is 3.02. The van der Waals surface area contributed by atoms with Gasteiger partial charge in [0.2, 0.25) is 0 Å². The number of nitrogens with zero attached hydrogens (tertiary/aromatic N) is 1. The fraction of sp³-hybridized carbons (Fsp3) is 0.571. The number of hydrogen-bond donors (Lipinski definition) is 1. The Morgan fingerprint density at radius 2 is 2.64 bits per heavy atom. The average molecular weight is 154 g/mol. The van der Waals surface area contributed by atoms with E-state index >= 15 is 0 Å². The molecule has 4 heteroatoms. The van der Waals surface area contributed by atoms with Gasteiger partial charge in [-0.25, -0.2) is 4.98 Å². The monoisotopic (exact) mass is 154 g/mol. The van der Waals surface area contributed by atoms with E-state index in [1.54, 1.807) is 6.20 Å². The molecule has 1 aliphatic rings. The molecular formula is C7H10N2O2. The lowest BCUT2D eigenvalue weighted by Gasteiger charge is -2.20. The zero-order valence-electron chi connectivity index (χ0n) is 6.12. The number of hydrogen-bond acceptors (Lipinski definition) is 4. The summed E-state index contributed by atoms with van der Waals surface area (Å²) in [5, 5.41) is 3.21. The summed E-state index contributed by atoms with van der Waals surface area (Å²) in [5.74, 6) is 0.803. The van der Waals surface area contributed by atoms with Crippen molar-refractivity contribution in [1.29, 1.82) is 0 Å². The van der Waals surface area contributed by atoms with Crippen molar-refractivity contribution in [3.8, 4) is 0 Å². The van der Waals surface area contributed by atoms with Gasteiger partial charge in [-0.2, -0.15) is 0 Å². The minimum atomic E-state index is 0.0475. The molecule has 11 heavy (non-hydrogen) atoms. The summed E-state index contributed by atoms with van der Waals surface area (Å²) in [5.41, 5.74) is 0. The van der Waals surface area contributed by atoms with Crippen LogP contribution in [0.3, 0.4) is 0 Å². The maximum atomic E-state index is 5.43. The molecule has 0 spiro atoms. The summed E-state index contributed by atoms with van der Waals surface area (Å²) in [6.07, 6.45) is 3.16. The minimum absolute atomic E-state index is 0.0475. The van der Waals surface area contributed by atoms with Gasteiger partial charge in [-0.15, -0.1) is 0 Å². The van der Waals surface area contributed by atoms with Crippen molar-refractivity contribution in [2.75, 3.05) is 19.7 Å². The van der Waals surface area contributed by atoms with Crippen LogP contribution in [-0.2, 0) is 4.74 Å². The van der Waals surface area contributed by atoms with Crippen LogP contribution in [-0.4, -0.2) is 24.7 Å². The second-order valence-corrected chi connectivity index (χ2v) is 2.47. The maximum absolute atomic E-state index is 5.43. The second-order valence-electron chi connectivity index (χ2n) is 2.47. The molecule has 1 saturated heterocycles. The first-order valence-corrected chi connectivity index (χ1v) is 3.67. The van der Waals surface area contributed by atoms with Gasteiger partial charge < -0.3 is 14.5 Å². The zero-order valence-corrected chi connectivity index (χ0v) is 6.12. The van der Waals surface area contributed by atoms with Crippen molar-refractivity contribution in [2.24, 2.45) is 0 Å². The number of oxazole rings is 1. The highest BCUT2D eigenvalue weighted by Crippen LogP contribution is 2.16. The molecule has 1 fully saturated rings. The molecule has 0 bridgehead atoms. The lowest BCUT2D eigenvalue weighted by atomic mass is 10.2. The molecule has 4 nitrogen and oxygen atoms in total. The van der Waals surface area contributed by atoms with Crippen molar-refractivity contribution >= 4 is 0 Å². The third-order valence-corrected chi connectivity index (χ3v) is 1.70. The van der Waals surface area contributed by atoms with Crippen LogP contribution in [0.2, 0.25) is 0 Å². The summed E-state index contributed by atoms with van der Waals surface area (Å²) in [7, 11) is 0. The van der Waals surface area contributed by atoms with E-state index in [-0.39, 0.29) is 6.10 Å². The summed E-state index contributed by atoms with van der Waals surface area (Å²) >= 11 is 0. The summed E-state index contributed by atoms with van der Waals surface area (Å²) < 4.78 is 10.5. The van der Waals surface area contributed by atoms with Crippen molar-refractivity contribution in [3.63, 3.8) is 0 Å². The van der Waals surface area contributed by atoms with E-state index in [2.05, 4.69) is 10.3 Å². The van der Waals surface area contributed by atoms with Crippen molar-refractivity contribution in [2.45, 2.75) is 6.10 Å². The first-order chi connectivity index (χ1) is 5.47. The van der Waals surface area contributed by atoms with Gasteiger partial charge in [-0.3, -0.25) is 0 Å². The standard InChI is InChI=1S/C7H10N2O2/c1-2-10-6(3-8-1)7-4-9-5-11-7/h4-6,8H,1-3H2. The lowest BCUT2D eigenvalue weighted by Crippen LogP contribution is -2.33. The van der Waals surface area contributed by atoms with Gasteiger partial charge in [-0.05, 0) is 0 Å². The number of aromatic nitrogens is 1. The number of rotatable bonds is 1. The summed E-state index contributed by atoms with van der Waals surface area (Å²) in [4.78, 5) is 3.82. The van der Waals surface area contributed by atoms with Gasteiger partial charge in [0.05, 0.1) is 12.8 Å². The van der Waals surface area contributed by atoms with Gasteiger partial charge in [0.25, 0.3) is 0 Å². The molecule has 60 valence electrons. The van der Waals surface area contributed by atoms with Crippen LogP contribution >= 0.6 is 0 Å². The molecule has 1 aromatic rings. The van der Waals surface area contributed by atoms with E-state index < -0.39 is 0 Å². The summed E-state index contributed by atoms with van der Waals surface area (Å²) in [6, 6.07) is 0. The van der Waals surface area contributed by atoms with Crippen molar-refractivity contribution in [3.05, 3.63) is 18.4 Å². The SMILES string of the molecule is c1ncc(C2CNCCO2)o1. The zero-order chi connectivity index (χ0) is 7.52. The third kappa shape index (κ3) is 1.41. The molecule has 0 radical (unpaired) electrons. The molecule has 0 aromatic carbocycles. The fourth-order valence-electron chi connectivity index (χ4n) is 1.13. The van der Waals surface area contributed by atoms with Crippen LogP contribution in [0.25, 0.3) is 0 Å². The van der Waals surface area contributed by atoms with Crippen molar-refractivity contribution < 1.29 is 9.15 Å². The Labute approximate surface area is 64.6 Å². The Bertz CT molecular complexity index is 204. The van der Waals surface area contributed by atoms with E-state index in [9.17, 15) is 0 Å².